The Balaban J connectivity index is 3.03. The van der Waals surface area contributed by atoms with Crippen molar-refractivity contribution in [2.75, 3.05) is 29.5 Å². The Hall–Kier alpha value is 0.610. The average molecular weight is 385 g/mol. The molecule has 23 heavy (non-hydrogen) atoms. The van der Waals surface area contributed by atoms with Crippen LogP contribution in [0.1, 0.15) is 77.6 Å². The van der Waals surface area contributed by atoms with Gasteiger partial charge in [0.1, 0.15) is 0 Å². The number of hydrogen-bond donors (Lipinski definition) is 0. The summed E-state index contributed by atoms with van der Waals surface area (Å²) in [7, 11) is -3.25. The first-order valence-electron chi connectivity index (χ1n) is 9.06. The van der Waals surface area contributed by atoms with Crippen molar-refractivity contribution < 1.29 is 12.6 Å². The van der Waals surface area contributed by atoms with Crippen molar-refractivity contribution in [2.24, 2.45) is 0 Å². The summed E-state index contributed by atoms with van der Waals surface area (Å²) in [6, 6.07) is 0. The maximum atomic E-state index is 10.8. The normalized spacial score (nSPS) is 11.9. The third-order valence-electron chi connectivity index (χ3n) is 3.54. The maximum absolute atomic E-state index is 10.8. The molecule has 0 bridgehead atoms. The molecule has 0 saturated heterocycles. The summed E-state index contributed by atoms with van der Waals surface area (Å²) < 4.78 is 26.2. The van der Waals surface area contributed by atoms with Gasteiger partial charge in [0.25, 0.3) is 10.1 Å². The number of rotatable bonds is 18. The Morgan fingerprint density at radius 3 is 1.74 bits per heavy atom. The molecule has 0 aliphatic rings. The SMILES string of the molecule is CCCCCSCSCCCCCCCCCCOS(C)(=O)=O. The van der Waals surface area contributed by atoms with Crippen molar-refractivity contribution in [1.82, 2.24) is 0 Å². The fraction of sp³-hybridized carbons (Fsp3) is 1.00. The van der Waals surface area contributed by atoms with Gasteiger partial charge in [0, 0.05) is 5.08 Å². The van der Waals surface area contributed by atoms with Gasteiger partial charge in [0.2, 0.25) is 0 Å². The van der Waals surface area contributed by atoms with Crippen LogP contribution in [0.2, 0.25) is 0 Å². The highest BCUT2D eigenvalue weighted by Crippen LogP contribution is 2.17. The predicted octanol–water partition coefficient (Wildman–Crippen LogP) is 5.70. The van der Waals surface area contributed by atoms with Crippen LogP contribution in [0.15, 0.2) is 0 Å². The van der Waals surface area contributed by atoms with Gasteiger partial charge in [-0.05, 0) is 30.8 Å². The van der Waals surface area contributed by atoms with Gasteiger partial charge >= 0.3 is 0 Å². The van der Waals surface area contributed by atoms with E-state index in [1.54, 1.807) is 0 Å². The zero-order valence-electron chi connectivity index (χ0n) is 15.1. The first kappa shape index (κ1) is 23.6. The molecule has 0 amide bonds. The summed E-state index contributed by atoms with van der Waals surface area (Å²) in [6.07, 6.45) is 14.9. The van der Waals surface area contributed by atoms with Crippen LogP contribution < -0.4 is 0 Å². The summed E-state index contributed by atoms with van der Waals surface area (Å²) in [5, 5.41) is 1.26. The lowest BCUT2D eigenvalue weighted by atomic mass is 10.1. The van der Waals surface area contributed by atoms with E-state index < -0.39 is 10.1 Å². The summed E-state index contributed by atoms with van der Waals surface area (Å²) in [4.78, 5) is 0. The van der Waals surface area contributed by atoms with E-state index in [0.29, 0.717) is 6.61 Å². The molecule has 0 aliphatic heterocycles. The molecule has 0 N–H and O–H groups in total. The van der Waals surface area contributed by atoms with Crippen molar-refractivity contribution in [1.29, 1.82) is 0 Å². The van der Waals surface area contributed by atoms with Crippen molar-refractivity contribution in [3.8, 4) is 0 Å². The summed E-state index contributed by atoms with van der Waals surface area (Å²) >= 11 is 4.18. The monoisotopic (exact) mass is 384 g/mol. The molecule has 0 fully saturated rings. The fourth-order valence-electron chi connectivity index (χ4n) is 2.21. The van der Waals surface area contributed by atoms with Crippen molar-refractivity contribution in [3.63, 3.8) is 0 Å². The van der Waals surface area contributed by atoms with Crippen LogP contribution in [0.5, 0.6) is 0 Å². The van der Waals surface area contributed by atoms with E-state index in [-0.39, 0.29) is 0 Å². The first-order chi connectivity index (χ1) is 11.1. The molecule has 0 spiro atoms. The molecular weight excluding hydrogens is 348 g/mol. The molecule has 0 unspecified atom stereocenters. The van der Waals surface area contributed by atoms with Crippen LogP contribution in [-0.4, -0.2) is 37.9 Å². The summed E-state index contributed by atoms with van der Waals surface area (Å²) in [6.45, 7) is 2.60. The van der Waals surface area contributed by atoms with Gasteiger partial charge in [-0.25, -0.2) is 0 Å². The Labute approximate surface area is 153 Å². The zero-order valence-corrected chi connectivity index (χ0v) is 17.5. The minimum atomic E-state index is -3.25. The van der Waals surface area contributed by atoms with Crippen LogP contribution in [0.4, 0.5) is 0 Å². The molecule has 3 nitrogen and oxygen atoms in total. The van der Waals surface area contributed by atoms with Gasteiger partial charge in [-0.3, -0.25) is 4.18 Å². The van der Waals surface area contributed by atoms with Crippen LogP contribution in [0.3, 0.4) is 0 Å². The lowest BCUT2D eigenvalue weighted by Gasteiger charge is -2.04. The number of thioether (sulfide) groups is 2. The molecule has 0 rings (SSSR count). The summed E-state index contributed by atoms with van der Waals surface area (Å²) in [5.41, 5.74) is 0. The van der Waals surface area contributed by atoms with Crippen LogP contribution in [-0.2, 0) is 14.3 Å². The van der Waals surface area contributed by atoms with E-state index in [0.717, 1.165) is 19.1 Å². The molecule has 0 saturated carbocycles. The van der Waals surface area contributed by atoms with E-state index in [2.05, 4.69) is 30.4 Å². The highest BCUT2D eigenvalue weighted by molar-refractivity contribution is 8.15. The summed E-state index contributed by atoms with van der Waals surface area (Å²) in [5.74, 6) is 2.64. The number of unbranched alkanes of at least 4 members (excludes halogenated alkanes) is 9. The van der Waals surface area contributed by atoms with Gasteiger partial charge < -0.3 is 0 Å². The second kappa shape index (κ2) is 17.4. The minimum Gasteiger partial charge on any atom is -0.270 e. The van der Waals surface area contributed by atoms with Crippen LogP contribution in [0, 0.1) is 0 Å². The quantitative estimate of drug-likeness (QED) is 0.172. The molecule has 0 atom stereocenters. The van der Waals surface area contributed by atoms with Gasteiger partial charge in [0.05, 0.1) is 12.9 Å². The third kappa shape index (κ3) is 22.6. The highest BCUT2D eigenvalue weighted by atomic mass is 32.2. The van der Waals surface area contributed by atoms with E-state index in [1.165, 1.54) is 74.4 Å². The molecule has 140 valence electrons. The van der Waals surface area contributed by atoms with Crippen LogP contribution >= 0.6 is 23.5 Å². The van der Waals surface area contributed by atoms with Gasteiger partial charge in [-0.1, -0.05) is 58.3 Å². The Morgan fingerprint density at radius 1 is 0.739 bits per heavy atom. The molecule has 0 heterocycles. The second-order valence-electron chi connectivity index (χ2n) is 6.00. The Morgan fingerprint density at radius 2 is 1.22 bits per heavy atom. The molecule has 0 aromatic carbocycles. The first-order valence-corrected chi connectivity index (χ1v) is 13.2. The molecule has 6 heteroatoms. The molecule has 0 aromatic rings. The third-order valence-corrected chi connectivity index (χ3v) is 6.62. The van der Waals surface area contributed by atoms with E-state index in [9.17, 15) is 8.42 Å². The fourth-order valence-corrected chi connectivity index (χ4v) is 4.86. The van der Waals surface area contributed by atoms with Gasteiger partial charge in [-0.15, -0.1) is 0 Å². The van der Waals surface area contributed by atoms with Crippen LogP contribution in [0.25, 0.3) is 0 Å². The smallest absolute Gasteiger partial charge is 0.264 e. The van der Waals surface area contributed by atoms with Crippen molar-refractivity contribution in [2.45, 2.75) is 77.6 Å². The standard InChI is InChI=1S/C17H36O3S3/c1-3-4-12-15-21-17-22-16-13-10-8-6-5-7-9-11-14-20-23(2,18)19/h3-17H2,1-2H3. The number of hydrogen-bond acceptors (Lipinski definition) is 5. The van der Waals surface area contributed by atoms with E-state index >= 15 is 0 Å². The zero-order chi connectivity index (χ0) is 17.2. The minimum absolute atomic E-state index is 0.340. The van der Waals surface area contributed by atoms with E-state index in [4.69, 9.17) is 4.18 Å². The second-order valence-corrected chi connectivity index (χ2v) is 10.2. The Bertz CT molecular complexity index is 332. The predicted molar refractivity (Wildman–Crippen MR) is 107 cm³/mol. The largest absolute Gasteiger partial charge is 0.270 e. The maximum Gasteiger partial charge on any atom is 0.264 e. The average Bonchev–Trinajstić information content (AvgIpc) is 2.49. The lowest BCUT2D eigenvalue weighted by Crippen LogP contribution is -2.03. The van der Waals surface area contributed by atoms with Crippen molar-refractivity contribution in [3.05, 3.63) is 0 Å². The topological polar surface area (TPSA) is 43.4 Å². The molecule has 0 radical (unpaired) electrons. The molecule has 0 aliphatic carbocycles. The van der Waals surface area contributed by atoms with Crippen molar-refractivity contribution >= 4 is 33.6 Å². The molecule has 0 aromatic heterocycles. The van der Waals surface area contributed by atoms with E-state index in [1.807, 2.05) is 0 Å². The van der Waals surface area contributed by atoms with Gasteiger partial charge in [0.15, 0.2) is 0 Å². The highest BCUT2D eigenvalue weighted by Gasteiger charge is 2.00. The van der Waals surface area contributed by atoms with Gasteiger partial charge in [-0.2, -0.15) is 31.9 Å². The Kier molecular flexibility index (Phi) is 17.9. The molecular formula is C17H36O3S3. The lowest BCUT2D eigenvalue weighted by molar-refractivity contribution is 0.309.